The van der Waals surface area contributed by atoms with Gasteiger partial charge in [-0.15, -0.1) is 0 Å². The Balaban J connectivity index is 2.78. The average Bonchev–Trinajstić information content (AvgIpc) is 2.41. The molecule has 0 radical (unpaired) electrons. The molecule has 1 aromatic rings. The molecule has 0 fully saturated rings. The number of alkyl halides is 6. The van der Waals surface area contributed by atoms with E-state index in [1.165, 1.54) is 24.4 Å². The number of halogens is 6. The van der Waals surface area contributed by atoms with Crippen molar-refractivity contribution in [2.24, 2.45) is 5.92 Å². The van der Waals surface area contributed by atoms with Crippen LogP contribution in [-0.4, -0.2) is 43.3 Å². The summed E-state index contributed by atoms with van der Waals surface area (Å²) < 4.78 is 96.8. The van der Waals surface area contributed by atoms with Crippen LogP contribution in [0.3, 0.4) is 0 Å². The van der Waals surface area contributed by atoms with Crippen molar-refractivity contribution in [2.45, 2.75) is 12.4 Å². The lowest BCUT2D eigenvalue weighted by Gasteiger charge is -2.22. The van der Waals surface area contributed by atoms with Gasteiger partial charge in [0, 0.05) is 6.20 Å². The molecule has 0 bridgehead atoms. The molecule has 1 rings (SSSR count). The Bertz CT molecular complexity index is 628. The number of nitrogens with zero attached hydrogens (tertiary/aromatic N) is 1. The first kappa shape index (κ1) is 19.2. The highest BCUT2D eigenvalue weighted by Gasteiger charge is 2.58. The van der Waals surface area contributed by atoms with Gasteiger partial charge in [-0.2, -0.15) is 26.3 Å². The van der Waals surface area contributed by atoms with Crippen LogP contribution < -0.4 is 5.32 Å². The summed E-state index contributed by atoms with van der Waals surface area (Å²) in [4.78, 5) is 15.0. The van der Waals surface area contributed by atoms with Gasteiger partial charge in [0.2, 0.25) is 0 Å². The predicted octanol–water partition coefficient (Wildman–Crippen LogP) is 1.92. The van der Waals surface area contributed by atoms with Crippen molar-refractivity contribution in [1.82, 2.24) is 10.3 Å². The fourth-order valence-corrected chi connectivity index (χ4v) is 2.81. The summed E-state index contributed by atoms with van der Waals surface area (Å²) in [6.07, 6.45) is -10.3. The second-order valence-corrected chi connectivity index (χ2v) is 6.52. The van der Waals surface area contributed by atoms with Gasteiger partial charge in [-0.25, -0.2) is 8.42 Å². The zero-order valence-corrected chi connectivity index (χ0v) is 12.0. The van der Waals surface area contributed by atoms with Crippen LogP contribution in [0.5, 0.6) is 0 Å². The first-order valence-corrected chi connectivity index (χ1v) is 7.68. The summed E-state index contributed by atoms with van der Waals surface area (Å²) in [5.74, 6) is -8.63. The largest absolute Gasteiger partial charge is 0.401 e. The molecule has 1 aromatic heterocycles. The van der Waals surface area contributed by atoms with Crippen molar-refractivity contribution in [2.75, 3.05) is 11.6 Å². The maximum Gasteiger partial charge on any atom is 0.401 e. The molecule has 23 heavy (non-hydrogen) atoms. The van der Waals surface area contributed by atoms with Gasteiger partial charge in [0.15, 0.2) is 15.8 Å². The standard InChI is InChI=1S/C11H10F6N2O3S/c12-10(13,14)8(11(15,16)17)5-23(21,22)6-19-9(20)7-3-1-2-4-18-7/h1-4,8H,5-6H2,(H,19,20). The summed E-state index contributed by atoms with van der Waals surface area (Å²) in [5, 5.41) is 1.72. The molecular weight excluding hydrogens is 354 g/mol. The van der Waals surface area contributed by atoms with E-state index in [0.717, 1.165) is 0 Å². The minimum atomic E-state index is -5.77. The van der Waals surface area contributed by atoms with E-state index in [4.69, 9.17) is 0 Å². The Morgan fingerprint density at radius 3 is 2.13 bits per heavy atom. The summed E-state index contributed by atoms with van der Waals surface area (Å²) in [6, 6.07) is 4.03. The third-order valence-corrected chi connectivity index (χ3v) is 3.99. The molecule has 12 heteroatoms. The van der Waals surface area contributed by atoms with Gasteiger partial charge in [-0.05, 0) is 12.1 Å². The zero-order valence-electron chi connectivity index (χ0n) is 11.1. The highest BCUT2D eigenvalue weighted by Crippen LogP contribution is 2.39. The highest BCUT2D eigenvalue weighted by atomic mass is 32.2. The summed E-state index contributed by atoms with van der Waals surface area (Å²) >= 11 is 0. The van der Waals surface area contributed by atoms with Gasteiger partial charge in [0.05, 0.1) is 5.75 Å². The van der Waals surface area contributed by atoms with Crippen molar-refractivity contribution in [3.8, 4) is 0 Å². The molecule has 0 saturated heterocycles. The van der Waals surface area contributed by atoms with Crippen LogP contribution in [0.4, 0.5) is 26.3 Å². The Morgan fingerprint density at radius 2 is 1.70 bits per heavy atom. The molecule has 0 aromatic carbocycles. The summed E-state index contributed by atoms with van der Waals surface area (Å²) in [7, 11) is -4.85. The number of hydrogen-bond donors (Lipinski definition) is 1. The van der Waals surface area contributed by atoms with Gasteiger partial charge in [0.25, 0.3) is 5.91 Å². The molecule has 0 aliphatic carbocycles. The topological polar surface area (TPSA) is 76.1 Å². The van der Waals surface area contributed by atoms with Crippen LogP contribution in [0.1, 0.15) is 10.5 Å². The lowest BCUT2D eigenvalue weighted by Crippen LogP contribution is -2.43. The normalized spacial score (nSPS) is 13.2. The highest BCUT2D eigenvalue weighted by molar-refractivity contribution is 7.91. The summed E-state index contributed by atoms with van der Waals surface area (Å²) in [6.45, 7) is 0. The van der Waals surface area contributed by atoms with Gasteiger partial charge in [-0.1, -0.05) is 6.07 Å². The van der Waals surface area contributed by atoms with Gasteiger partial charge < -0.3 is 5.32 Å². The molecule has 0 saturated carbocycles. The maximum atomic E-state index is 12.3. The number of sulfone groups is 1. The minimum Gasteiger partial charge on any atom is -0.337 e. The first-order chi connectivity index (χ1) is 10.3. The smallest absolute Gasteiger partial charge is 0.337 e. The van der Waals surface area contributed by atoms with E-state index in [1.54, 1.807) is 5.32 Å². The Hall–Kier alpha value is -1.85. The van der Waals surface area contributed by atoms with Gasteiger partial charge in [-0.3, -0.25) is 9.78 Å². The molecule has 130 valence electrons. The van der Waals surface area contributed by atoms with Crippen molar-refractivity contribution >= 4 is 15.7 Å². The number of amides is 1. The Kier molecular flexibility index (Phi) is 5.61. The number of rotatable bonds is 5. The predicted molar refractivity (Wildman–Crippen MR) is 66.0 cm³/mol. The van der Waals surface area contributed by atoms with E-state index >= 15 is 0 Å². The van der Waals surface area contributed by atoms with Crippen LogP contribution in [0, 0.1) is 5.92 Å². The second-order valence-electron chi connectivity index (χ2n) is 4.41. The van der Waals surface area contributed by atoms with E-state index in [9.17, 15) is 39.6 Å². The number of nitrogens with one attached hydrogen (secondary N) is 1. The van der Waals surface area contributed by atoms with Crippen LogP contribution in [0.15, 0.2) is 24.4 Å². The third-order valence-electron chi connectivity index (χ3n) is 2.56. The molecule has 0 unspecified atom stereocenters. The lowest BCUT2D eigenvalue weighted by molar-refractivity contribution is -0.276. The van der Waals surface area contributed by atoms with Crippen LogP contribution in [0.25, 0.3) is 0 Å². The van der Waals surface area contributed by atoms with Crippen molar-refractivity contribution in [3.63, 3.8) is 0 Å². The molecule has 0 aliphatic rings. The summed E-state index contributed by atoms with van der Waals surface area (Å²) in [5.41, 5.74) is -0.231. The Morgan fingerprint density at radius 1 is 1.13 bits per heavy atom. The number of carbonyl (C=O) groups excluding carboxylic acids is 1. The van der Waals surface area contributed by atoms with E-state index < -0.39 is 45.6 Å². The van der Waals surface area contributed by atoms with E-state index in [1.807, 2.05) is 0 Å². The molecule has 1 N–H and O–H groups in total. The van der Waals surface area contributed by atoms with Crippen molar-refractivity contribution in [3.05, 3.63) is 30.1 Å². The Labute approximate surface area is 126 Å². The third kappa shape index (κ3) is 6.04. The van der Waals surface area contributed by atoms with Gasteiger partial charge >= 0.3 is 12.4 Å². The molecular formula is C11H10F6N2O3S. The SMILES string of the molecule is O=C(NCS(=O)(=O)CC(C(F)(F)F)C(F)(F)F)c1ccccn1. The van der Waals surface area contributed by atoms with Crippen LogP contribution in [0.2, 0.25) is 0 Å². The molecule has 0 aliphatic heterocycles. The number of carbonyl (C=O) groups is 1. The number of pyridine rings is 1. The van der Waals surface area contributed by atoms with Gasteiger partial charge in [0.1, 0.15) is 11.6 Å². The van der Waals surface area contributed by atoms with Crippen LogP contribution >= 0.6 is 0 Å². The quantitative estimate of drug-likeness (QED) is 0.810. The molecule has 5 nitrogen and oxygen atoms in total. The fourth-order valence-electron chi connectivity index (χ4n) is 1.45. The van der Waals surface area contributed by atoms with E-state index in [0.29, 0.717) is 0 Å². The number of hydrogen-bond acceptors (Lipinski definition) is 4. The molecule has 0 spiro atoms. The van der Waals surface area contributed by atoms with E-state index in [2.05, 4.69) is 4.98 Å². The second kappa shape index (κ2) is 6.72. The minimum absolute atomic E-state index is 0.231. The fraction of sp³-hybridized carbons (Fsp3) is 0.455. The zero-order chi connectivity index (χ0) is 17.9. The molecule has 0 atom stereocenters. The number of aromatic nitrogens is 1. The van der Waals surface area contributed by atoms with Crippen molar-refractivity contribution < 1.29 is 39.6 Å². The maximum absolute atomic E-state index is 12.3. The van der Waals surface area contributed by atoms with E-state index in [-0.39, 0.29) is 5.69 Å². The van der Waals surface area contributed by atoms with Crippen molar-refractivity contribution in [1.29, 1.82) is 0 Å². The lowest BCUT2D eigenvalue weighted by atomic mass is 10.1. The first-order valence-electron chi connectivity index (χ1n) is 5.86. The average molecular weight is 364 g/mol. The molecule has 1 heterocycles. The monoisotopic (exact) mass is 364 g/mol. The molecule has 1 amide bonds. The van der Waals surface area contributed by atoms with Crippen LogP contribution in [-0.2, 0) is 9.84 Å².